The summed E-state index contributed by atoms with van der Waals surface area (Å²) < 4.78 is 1.27. The highest BCUT2D eigenvalue weighted by atomic mass is 32.2. The maximum Gasteiger partial charge on any atom is 0.330 e. The van der Waals surface area contributed by atoms with Gasteiger partial charge in [-0.15, -0.1) is 5.10 Å². The lowest BCUT2D eigenvalue weighted by Gasteiger charge is -2.26. The predicted molar refractivity (Wildman–Crippen MR) is 128 cm³/mol. The Morgan fingerprint density at radius 1 is 1.27 bits per heavy atom. The van der Waals surface area contributed by atoms with Crippen LogP contribution in [0.25, 0.3) is 0 Å². The Morgan fingerprint density at radius 2 is 2.00 bits per heavy atom. The van der Waals surface area contributed by atoms with Gasteiger partial charge in [0, 0.05) is 12.5 Å². The van der Waals surface area contributed by atoms with Gasteiger partial charge in [0.1, 0.15) is 11.6 Å². The fraction of sp³-hybridized carbons (Fsp3) is 0.409. The zero-order valence-corrected chi connectivity index (χ0v) is 19.4. The van der Waals surface area contributed by atoms with Crippen molar-refractivity contribution >= 4 is 29.2 Å². The van der Waals surface area contributed by atoms with E-state index in [0.29, 0.717) is 11.1 Å². The van der Waals surface area contributed by atoms with E-state index in [0.717, 1.165) is 24.2 Å². The molecule has 0 aliphatic heterocycles. The smallest absolute Gasteiger partial charge is 0.330 e. The van der Waals surface area contributed by atoms with Crippen LogP contribution in [-0.2, 0) is 11.3 Å². The molecule has 2 heterocycles. The molecule has 0 atom stereocenters. The molecule has 0 spiro atoms. The van der Waals surface area contributed by atoms with Gasteiger partial charge in [-0.3, -0.25) is 24.2 Å². The first-order valence-corrected chi connectivity index (χ1v) is 11.8. The van der Waals surface area contributed by atoms with Crippen LogP contribution in [0.1, 0.15) is 44.0 Å². The van der Waals surface area contributed by atoms with E-state index in [9.17, 15) is 14.4 Å². The molecular weight excluding hydrogens is 442 g/mol. The molecule has 1 saturated carbocycles. The summed E-state index contributed by atoms with van der Waals surface area (Å²) in [5.41, 5.74) is 5.83. The lowest BCUT2D eigenvalue weighted by Crippen LogP contribution is -2.43. The van der Waals surface area contributed by atoms with Crippen molar-refractivity contribution in [3.05, 3.63) is 62.6 Å². The van der Waals surface area contributed by atoms with E-state index < -0.39 is 11.2 Å². The molecule has 4 rings (SSSR count). The van der Waals surface area contributed by atoms with E-state index in [1.165, 1.54) is 21.2 Å². The summed E-state index contributed by atoms with van der Waals surface area (Å²) >= 11 is 1.20. The van der Waals surface area contributed by atoms with Crippen LogP contribution in [0.3, 0.4) is 0 Å². The molecule has 1 amide bonds. The number of anilines is 2. The highest BCUT2D eigenvalue weighted by Crippen LogP contribution is 2.38. The summed E-state index contributed by atoms with van der Waals surface area (Å²) in [6, 6.07) is 9.30. The van der Waals surface area contributed by atoms with Gasteiger partial charge < -0.3 is 10.6 Å². The number of thioether (sulfide) groups is 1. The molecule has 0 saturated heterocycles. The average molecular weight is 470 g/mol. The number of rotatable bonds is 9. The van der Waals surface area contributed by atoms with Crippen molar-refractivity contribution in [3.63, 3.8) is 0 Å². The second-order valence-corrected chi connectivity index (χ2v) is 9.47. The number of H-pyrrole nitrogens is 2. The van der Waals surface area contributed by atoms with Crippen LogP contribution >= 0.6 is 11.8 Å². The Bertz CT molecular complexity index is 1240. The zero-order chi connectivity index (χ0) is 23.5. The molecule has 174 valence electrons. The quantitative estimate of drug-likeness (QED) is 0.406. The fourth-order valence-corrected chi connectivity index (χ4v) is 4.19. The summed E-state index contributed by atoms with van der Waals surface area (Å²) in [6.45, 7) is 4.33. The van der Waals surface area contributed by atoms with Gasteiger partial charge in [0.2, 0.25) is 11.1 Å². The molecule has 10 nitrogen and oxygen atoms in total. The molecule has 3 aromatic rings. The molecule has 1 fully saturated rings. The van der Waals surface area contributed by atoms with Gasteiger partial charge in [0.25, 0.3) is 5.56 Å². The van der Waals surface area contributed by atoms with Crippen molar-refractivity contribution < 1.29 is 4.79 Å². The Hall–Kier alpha value is -3.34. The third-order valence-electron chi connectivity index (χ3n) is 5.29. The third kappa shape index (κ3) is 5.36. The van der Waals surface area contributed by atoms with Crippen molar-refractivity contribution in [2.75, 3.05) is 22.9 Å². The van der Waals surface area contributed by atoms with Gasteiger partial charge in [-0.05, 0) is 24.3 Å². The first kappa shape index (κ1) is 22.8. The number of aromatic nitrogens is 5. The van der Waals surface area contributed by atoms with E-state index in [2.05, 4.69) is 20.2 Å². The van der Waals surface area contributed by atoms with Gasteiger partial charge >= 0.3 is 5.69 Å². The van der Waals surface area contributed by atoms with Crippen LogP contribution in [0.15, 0.2) is 45.1 Å². The Kier molecular flexibility index (Phi) is 6.68. The Balaban J connectivity index is 1.61. The van der Waals surface area contributed by atoms with Crippen LogP contribution in [0, 0.1) is 5.92 Å². The number of carbonyl (C=O) groups excluding carboxylic acids is 1. The number of hydrogen-bond donors (Lipinski definition) is 3. The molecule has 33 heavy (non-hydrogen) atoms. The van der Waals surface area contributed by atoms with Gasteiger partial charge in [-0.2, -0.15) is 0 Å². The average Bonchev–Trinajstić information content (AvgIpc) is 3.52. The lowest BCUT2D eigenvalue weighted by atomic mass is 10.2. The molecule has 1 aromatic carbocycles. The number of nitrogen functional groups attached to an aromatic ring is 1. The van der Waals surface area contributed by atoms with Crippen molar-refractivity contribution in [1.29, 1.82) is 0 Å². The minimum absolute atomic E-state index is 0.0153. The molecule has 0 radical (unpaired) electrons. The van der Waals surface area contributed by atoms with Gasteiger partial charge in [0.15, 0.2) is 5.69 Å². The number of hydrogen-bond acceptors (Lipinski definition) is 7. The van der Waals surface area contributed by atoms with Gasteiger partial charge in [-0.25, -0.2) is 9.78 Å². The van der Waals surface area contributed by atoms with Crippen LogP contribution in [-0.4, -0.2) is 42.9 Å². The summed E-state index contributed by atoms with van der Waals surface area (Å²) in [5, 5.41) is 7.58. The largest absolute Gasteiger partial charge is 0.383 e. The molecule has 4 N–H and O–H groups in total. The summed E-state index contributed by atoms with van der Waals surface area (Å²) in [4.78, 5) is 46.6. The molecular formula is C22H27N7O3S. The van der Waals surface area contributed by atoms with Crippen molar-refractivity contribution in [2.45, 2.75) is 44.3 Å². The van der Waals surface area contributed by atoms with E-state index in [-0.39, 0.29) is 42.2 Å². The van der Waals surface area contributed by atoms with Crippen molar-refractivity contribution in [3.8, 4) is 0 Å². The number of nitrogens with zero attached hydrogens (tertiary/aromatic N) is 4. The van der Waals surface area contributed by atoms with Crippen LogP contribution in [0.4, 0.5) is 11.5 Å². The maximum atomic E-state index is 13.2. The van der Waals surface area contributed by atoms with Crippen molar-refractivity contribution in [1.82, 2.24) is 24.7 Å². The van der Waals surface area contributed by atoms with Crippen LogP contribution in [0.2, 0.25) is 0 Å². The van der Waals surface area contributed by atoms with Crippen LogP contribution < -0.4 is 21.9 Å². The lowest BCUT2D eigenvalue weighted by molar-refractivity contribution is -0.116. The molecule has 1 aliphatic carbocycles. The minimum Gasteiger partial charge on any atom is -0.383 e. The highest BCUT2D eigenvalue weighted by molar-refractivity contribution is 7.99. The standard InChI is InChI=1S/C22H27N7O3S/c1-13(2)10-28(16(30)12-33-21-24-19(26-27-21)15-8-9-15)17-18(23)29(22(32)25-20(17)31)11-14-6-4-3-5-7-14/h3-7,13,15H,8-12,23H2,1-2H3,(H,24,26,27)(H,25,31,32). The van der Waals surface area contributed by atoms with E-state index >= 15 is 0 Å². The zero-order valence-electron chi connectivity index (χ0n) is 18.6. The minimum atomic E-state index is -0.685. The molecule has 1 aliphatic rings. The highest BCUT2D eigenvalue weighted by Gasteiger charge is 2.28. The van der Waals surface area contributed by atoms with E-state index in [4.69, 9.17) is 5.73 Å². The number of carbonyl (C=O) groups is 1. The predicted octanol–water partition coefficient (Wildman–Crippen LogP) is 1.94. The maximum absolute atomic E-state index is 13.2. The van der Waals surface area contributed by atoms with Crippen LogP contribution in [0.5, 0.6) is 0 Å². The molecule has 0 unspecified atom stereocenters. The molecule has 2 aromatic heterocycles. The second-order valence-electron chi connectivity index (χ2n) is 8.53. The summed E-state index contributed by atoms with van der Waals surface area (Å²) in [5.74, 6) is 1.03. The number of aromatic amines is 2. The number of amides is 1. The van der Waals surface area contributed by atoms with Crippen molar-refractivity contribution in [2.24, 2.45) is 5.92 Å². The monoisotopic (exact) mass is 469 g/mol. The molecule has 0 bridgehead atoms. The fourth-order valence-electron chi connectivity index (χ4n) is 3.51. The first-order valence-electron chi connectivity index (χ1n) is 10.9. The number of benzene rings is 1. The number of nitrogens with two attached hydrogens (primary N) is 1. The van der Waals surface area contributed by atoms with Gasteiger partial charge in [0.05, 0.1) is 12.3 Å². The normalized spacial score (nSPS) is 13.4. The Labute approximate surface area is 194 Å². The summed E-state index contributed by atoms with van der Waals surface area (Å²) in [6.07, 6.45) is 2.20. The SMILES string of the molecule is CC(C)CN(C(=O)CSc1n[nH]c(C2CC2)n1)c1c(N)n(Cc2ccccc2)c(=O)[nH]c1=O. The summed E-state index contributed by atoms with van der Waals surface area (Å²) in [7, 11) is 0. The topological polar surface area (TPSA) is 143 Å². The third-order valence-corrected chi connectivity index (χ3v) is 6.12. The van der Waals surface area contributed by atoms with E-state index in [1.54, 1.807) is 0 Å². The first-order chi connectivity index (χ1) is 15.8. The second kappa shape index (κ2) is 9.65. The Morgan fingerprint density at radius 3 is 2.67 bits per heavy atom. The van der Waals surface area contributed by atoms with Gasteiger partial charge in [-0.1, -0.05) is 55.9 Å². The number of nitrogens with one attached hydrogen (secondary N) is 2. The molecule has 11 heteroatoms. The van der Waals surface area contributed by atoms with E-state index in [1.807, 2.05) is 44.2 Å².